The summed E-state index contributed by atoms with van der Waals surface area (Å²) in [5, 5.41) is 0.475. The molecule has 0 spiro atoms. The van der Waals surface area contributed by atoms with Crippen molar-refractivity contribution in [1.29, 1.82) is 0 Å². The molecule has 0 aliphatic heterocycles. The molecule has 3 rings (SSSR count). The molecular formula is C19H22N4O4S2. The minimum Gasteiger partial charge on any atom is -0.492 e. The van der Waals surface area contributed by atoms with E-state index in [1.165, 1.54) is 23.3 Å². The first-order chi connectivity index (χ1) is 13.8. The first-order valence-corrected chi connectivity index (χ1v) is 11.6. The zero-order valence-electron chi connectivity index (χ0n) is 16.4. The molecule has 8 nitrogen and oxygen atoms in total. The van der Waals surface area contributed by atoms with Crippen LogP contribution in [-0.2, 0) is 21.4 Å². The number of anilines is 1. The van der Waals surface area contributed by atoms with Gasteiger partial charge in [-0.15, -0.1) is 0 Å². The van der Waals surface area contributed by atoms with Gasteiger partial charge in [-0.1, -0.05) is 23.5 Å². The van der Waals surface area contributed by atoms with Crippen molar-refractivity contribution < 1.29 is 17.9 Å². The van der Waals surface area contributed by atoms with Gasteiger partial charge in [-0.25, -0.2) is 13.4 Å². The maximum absolute atomic E-state index is 13.0. The summed E-state index contributed by atoms with van der Waals surface area (Å²) in [7, 11) is -2.11. The first-order valence-electron chi connectivity index (χ1n) is 8.92. The minimum atomic E-state index is -3.49. The minimum absolute atomic E-state index is 0.230. The summed E-state index contributed by atoms with van der Waals surface area (Å²) >= 11 is 1.35. The lowest BCUT2D eigenvalue weighted by atomic mass is 10.2. The highest BCUT2D eigenvalue weighted by Gasteiger charge is 2.25. The van der Waals surface area contributed by atoms with E-state index in [1.54, 1.807) is 18.5 Å². The van der Waals surface area contributed by atoms with E-state index in [-0.39, 0.29) is 19.0 Å². The van der Waals surface area contributed by atoms with Gasteiger partial charge < -0.3 is 4.74 Å². The highest BCUT2D eigenvalue weighted by atomic mass is 32.2. The molecule has 0 saturated heterocycles. The van der Waals surface area contributed by atoms with E-state index in [2.05, 4.69) is 9.97 Å². The molecule has 10 heteroatoms. The second-order valence-electron chi connectivity index (χ2n) is 6.39. The lowest BCUT2D eigenvalue weighted by Crippen LogP contribution is -2.40. The first kappa shape index (κ1) is 21.2. The number of amides is 1. The molecule has 1 aromatic carbocycles. The number of ether oxygens (including phenoxy) is 1. The number of likely N-dealkylation sites (N-methyl/N-ethyl adjacent to an activating group) is 1. The predicted octanol–water partition coefficient (Wildman–Crippen LogP) is 2.51. The van der Waals surface area contributed by atoms with Crippen molar-refractivity contribution >= 4 is 42.6 Å². The fourth-order valence-corrected chi connectivity index (χ4v) is 3.97. The Morgan fingerprint density at radius 1 is 1.24 bits per heavy atom. The average Bonchev–Trinajstić information content (AvgIpc) is 3.11. The molecule has 0 unspecified atom stereocenters. The maximum Gasteiger partial charge on any atom is 0.244 e. The average molecular weight is 435 g/mol. The Bertz CT molecular complexity index is 1100. The van der Waals surface area contributed by atoms with E-state index in [9.17, 15) is 13.2 Å². The van der Waals surface area contributed by atoms with Crippen LogP contribution in [0.2, 0.25) is 0 Å². The van der Waals surface area contributed by atoms with Gasteiger partial charge in [-0.2, -0.15) is 4.31 Å². The van der Waals surface area contributed by atoms with Gasteiger partial charge in [0.2, 0.25) is 15.9 Å². The van der Waals surface area contributed by atoms with E-state index in [1.807, 2.05) is 31.2 Å². The summed E-state index contributed by atoms with van der Waals surface area (Å²) in [6, 6.07) is 9.26. The standard InChI is InChI=1S/C19H22N4O4S2/c1-4-27-15-8-5-9-16-18(15)21-19(28-16)23(12-14-7-6-10-20-11-14)17(24)13-22(2)29(3,25)26/h5-11H,4,12-13H2,1-3H3. The van der Waals surface area contributed by atoms with Crippen molar-refractivity contribution in [2.45, 2.75) is 13.5 Å². The molecule has 0 aliphatic carbocycles. The number of fused-ring (bicyclic) bond motifs is 1. The summed E-state index contributed by atoms with van der Waals surface area (Å²) in [5.74, 6) is 0.272. The number of carbonyl (C=O) groups is 1. The van der Waals surface area contributed by atoms with Gasteiger partial charge in [0, 0.05) is 19.4 Å². The fraction of sp³-hybridized carbons (Fsp3) is 0.316. The van der Waals surface area contributed by atoms with Gasteiger partial charge in [0.1, 0.15) is 11.3 Å². The van der Waals surface area contributed by atoms with Crippen LogP contribution in [0.25, 0.3) is 10.2 Å². The fourth-order valence-electron chi connectivity index (χ4n) is 2.63. The van der Waals surface area contributed by atoms with Gasteiger partial charge in [-0.05, 0) is 30.7 Å². The topological polar surface area (TPSA) is 92.7 Å². The molecule has 1 amide bonds. The van der Waals surface area contributed by atoms with Crippen LogP contribution in [0.4, 0.5) is 5.13 Å². The van der Waals surface area contributed by atoms with Crippen molar-refractivity contribution in [3.63, 3.8) is 0 Å². The van der Waals surface area contributed by atoms with Crippen LogP contribution in [0.3, 0.4) is 0 Å². The molecule has 2 heterocycles. The molecular weight excluding hydrogens is 412 g/mol. The summed E-state index contributed by atoms with van der Waals surface area (Å²) < 4.78 is 31.1. The number of pyridine rings is 1. The summed E-state index contributed by atoms with van der Waals surface area (Å²) in [6.45, 7) is 2.34. The number of sulfonamides is 1. The highest BCUT2D eigenvalue weighted by molar-refractivity contribution is 7.88. The molecule has 0 N–H and O–H groups in total. The van der Waals surface area contributed by atoms with Crippen molar-refractivity contribution in [2.24, 2.45) is 0 Å². The maximum atomic E-state index is 13.0. The number of hydrogen-bond donors (Lipinski definition) is 0. The number of aromatic nitrogens is 2. The second-order valence-corrected chi connectivity index (χ2v) is 9.49. The van der Waals surface area contributed by atoms with Gasteiger partial charge >= 0.3 is 0 Å². The van der Waals surface area contributed by atoms with Crippen LogP contribution in [0.5, 0.6) is 5.75 Å². The van der Waals surface area contributed by atoms with Gasteiger partial charge in [0.15, 0.2) is 5.13 Å². The van der Waals surface area contributed by atoms with Gasteiger partial charge in [0.05, 0.1) is 30.7 Å². The van der Waals surface area contributed by atoms with Crippen LogP contribution >= 0.6 is 11.3 Å². The molecule has 0 saturated carbocycles. The molecule has 0 fully saturated rings. The Morgan fingerprint density at radius 3 is 2.69 bits per heavy atom. The number of benzene rings is 1. The number of carbonyl (C=O) groups excluding carboxylic acids is 1. The molecule has 0 aliphatic rings. The van der Waals surface area contributed by atoms with E-state index in [0.29, 0.717) is 23.0 Å². The SMILES string of the molecule is CCOc1cccc2sc(N(Cc3cccnc3)C(=O)CN(C)S(C)(=O)=O)nc12. The molecule has 0 atom stereocenters. The predicted molar refractivity (Wildman–Crippen MR) is 114 cm³/mol. The van der Waals surface area contributed by atoms with Crippen LogP contribution in [-0.4, -0.2) is 55.1 Å². The number of rotatable bonds is 8. The number of hydrogen-bond acceptors (Lipinski definition) is 7. The number of thiazole rings is 1. The third-order valence-electron chi connectivity index (χ3n) is 4.19. The summed E-state index contributed by atoms with van der Waals surface area (Å²) in [5.41, 5.74) is 1.49. The van der Waals surface area contributed by atoms with E-state index < -0.39 is 10.0 Å². The number of nitrogens with zero attached hydrogens (tertiary/aromatic N) is 4. The summed E-state index contributed by atoms with van der Waals surface area (Å²) in [6.07, 6.45) is 4.39. The van der Waals surface area contributed by atoms with Crippen LogP contribution in [0, 0.1) is 0 Å². The van der Waals surface area contributed by atoms with Crippen LogP contribution in [0.1, 0.15) is 12.5 Å². The van der Waals surface area contributed by atoms with E-state index in [0.717, 1.165) is 20.8 Å². The zero-order chi connectivity index (χ0) is 21.0. The monoisotopic (exact) mass is 434 g/mol. The molecule has 2 aromatic heterocycles. The second kappa shape index (κ2) is 8.85. The van der Waals surface area contributed by atoms with E-state index >= 15 is 0 Å². The Balaban J connectivity index is 1.99. The molecule has 29 heavy (non-hydrogen) atoms. The summed E-state index contributed by atoms with van der Waals surface area (Å²) in [4.78, 5) is 23.2. The van der Waals surface area contributed by atoms with Crippen molar-refractivity contribution in [3.05, 3.63) is 48.3 Å². The van der Waals surface area contributed by atoms with Gasteiger partial charge in [-0.3, -0.25) is 14.7 Å². The molecule has 0 radical (unpaired) electrons. The highest BCUT2D eigenvalue weighted by Crippen LogP contribution is 2.35. The lowest BCUT2D eigenvalue weighted by Gasteiger charge is -2.22. The van der Waals surface area contributed by atoms with E-state index in [4.69, 9.17) is 4.74 Å². The Morgan fingerprint density at radius 2 is 2.03 bits per heavy atom. The van der Waals surface area contributed by atoms with Crippen molar-refractivity contribution in [2.75, 3.05) is 31.4 Å². The van der Waals surface area contributed by atoms with Crippen LogP contribution in [0.15, 0.2) is 42.7 Å². The van der Waals surface area contributed by atoms with Gasteiger partial charge in [0.25, 0.3) is 0 Å². The third kappa shape index (κ3) is 5.08. The van der Waals surface area contributed by atoms with Crippen molar-refractivity contribution in [3.8, 4) is 5.75 Å². The third-order valence-corrected chi connectivity index (χ3v) is 6.50. The zero-order valence-corrected chi connectivity index (χ0v) is 18.0. The smallest absolute Gasteiger partial charge is 0.244 e. The Kier molecular flexibility index (Phi) is 6.46. The normalized spacial score (nSPS) is 11.7. The quantitative estimate of drug-likeness (QED) is 0.541. The molecule has 3 aromatic rings. The Labute approximate surface area is 173 Å². The van der Waals surface area contributed by atoms with Crippen LogP contribution < -0.4 is 9.64 Å². The largest absolute Gasteiger partial charge is 0.492 e. The van der Waals surface area contributed by atoms with Crippen molar-refractivity contribution in [1.82, 2.24) is 14.3 Å². The lowest BCUT2D eigenvalue weighted by molar-refractivity contribution is -0.118. The molecule has 154 valence electrons. The Hall–Kier alpha value is -2.56. The number of para-hydroxylation sites is 1. The molecule has 0 bridgehead atoms.